The van der Waals surface area contributed by atoms with Crippen molar-refractivity contribution in [1.82, 2.24) is 34.4 Å². The molecular formula is C60H86N8O15S. The van der Waals surface area contributed by atoms with Crippen molar-refractivity contribution in [3.63, 3.8) is 0 Å². The average Bonchev–Trinajstić information content (AvgIpc) is 4.03. The predicted octanol–water partition coefficient (Wildman–Crippen LogP) is 7.33. The number of nitrogens with one attached hydrogen (secondary N) is 1. The summed E-state index contributed by atoms with van der Waals surface area (Å²) >= 11 is 1.15. The number of aromatic nitrogens is 6. The molecule has 3 fully saturated rings. The number of ketones is 3. The number of aryl methyl sites for hydroxylation is 1. The van der Waals surface area contributed by atoms with Gasteiger partial charge >= 0.3 is 11.8 Å². The number of ether oxygens (including phenoxy) is 5. The van der Waals surface area contributed by atoms with Crippen LogP contribution >= 0.6 is 11.8 Å². The fourth-order valence-electron chi connectivity index (χ4n) is 11.7. The molecule has 4 N–H and O–H groups in total. The van der Waals surface area contributed by atoms with Gasteiger partial charge in [0.1, 0.15) is 47.0 Å². The number of hydrogen-bond acceptors (Lipinski definition) is 20. The quantitative estimate of drug-likeness (QED) is 0.0407. The Morgan fingerprint density at radius 2 is 1.65 bits per heavy atom. The Kier molecular flexibility index (Phi) is 24.8. The second-order valence-electron chi connectivity index (χ2n) is 23.2. The lowest BCUT2D eigenvalue weighted by molar-refractivity contribution is -0.392. The summed E-state index contributed by atoms with van der Waals surface area (Å²) in [4.78, 5) is 101. The Bertz CT molecular complexity index is 2890. The Labute approximate surface area is 495 Å². The summed E-state index contributed by atoms with van der Waals surface area (Å²) in [6.07, 6.45) is 15.4. The van der Waals surface area contributed by atoms with Gasteiger partial charge in [0, 0.05) is 65.5 Å². The number of methoxy groups -OCH3 is 3. The van der Waals surface area contributed by atoms with Crippen molar-refractivity contribution < 1.29 is 67.9 Å². The molecule has 1 saturated carbocycles. The van der Waals surface area contributed by atoms with E-state index in [1.807, 2.05) is 58.1 Å². The number of piperidine rings is 1. The van der Waals surface area contributed by atoms with Gasteiger partial charge in [0.25, 0.3) is 11.7 Å². The third kappa shape index (κ3) is 17.0. The van der Waals surface area contributed by atoms with Gasteiger partial charge < -0.3 is 63.6 Å². The number of imidazole rings is 2. The highest BCUT2D eigenvalue weighted by Crippen LogP contribution is 2.39. The van der Waals surface area contributed by atoms with E-state index in [0.29, 0.717) is 84.6 Å². The van der Waals surface area contributed by atoms with Gasteiger partial charge in [0.05, 0.1) is 30.7 Å². The number of Topliss-reactive ketones (excluding diaryl/α,β-unsaturated/α-hetero) is 3. The zero-order chi connectivity index (χ0) is 61.6. The normalized spacial score (nSPS) is 33.8. The van der Waals surface area contributed by atoms with Crippen molar-refractivity contribution in [3.05, 3.63) is 76.7 Å². The summed E-state index contributed by atoms with van der Waals surface area (Å²) in [6, 6.07) is -1.14. The summed E-state index contributed by atoms with van der Waals surface area (Å²) < 4.78 is 30.9. The summed E-state index contributed by atoms with van der Waals surface area (Å²) in [5.74, 6) is -8.15. The molecule has 4 aliphatic rings. The highest BCUT2D eigenvalue weighted by molar-refractivity contribution is 7.99. The number of allylic oxidation sites excluding steroid dienone is 6. The number of cyclic esters (lactones) is 1. The van der Waals surface area contributed by atoms with Crippen LogP contribution in [0.2, 0.25) is 0 Å². The van der Waals surface area contributed by atoms with Crippen molar-refractivity contribution in [2.45, 2.75) is 190 Å². The highest BCUT2D eigenvalue weighted by atomic mass is 32.2. The monoisotopic (exact) mass is 1190 g/mol. The molecule has 0 unspecified atom stereocenters. The summed E-state index contributed by atoms with van der Waals surface area (Å²) in [7, 11) is 6.21. The number of amides is 1. The minimum Gasteiger partial charge on any atom is -0.460 e. The number of rotatable bonds is 9. The van der Waals surface area contributed by atoms with Crippen molar-refractivity contribution in [1.29, 1.82) is 0 Å². The number of nitro groups is 1. The first-order chi connectivity index (χ1) is 39.9. The number of esters is 1. The molecule has 7 rings (SSSR count). The minimum absolute atomic E-state index is 0.0193. The summed E-state index contributed by atoms with van der Waals surface area (Å²) in [6.45, 7) is 12.7. The van der Waals surface area contributed by atoms with Crippen LogP contribution in [0.4, 0.5) is 5.82 Å². The number of aromatic amines is 1. The van der Waals surface area contributed by atoms with Crippen molar-refractivity contribution >= 4 is 58.0 Å². The van der Waals surface area contributed by atoms with E-state index in [-0.39, 0.29) is 60.6 Å². The highest BCUT2D eigenvalue weighted by Gasteiger charge is 2.53. The third-order valence-corrected chi connectivity index (χ3v) is 18.1. The number of carbonyl (C=O) groups is 5. The second kappa shape index (κ2) is 31.0. The lowest BCUT2D eigenvalue weighted by Gasteiger charge is -2.42. The van der Waals surface area contributed by atoms with Crippen LogP contribution < -0.4 is 0 Å². The van der Waals surface area contributed by atoms with Crippen LogP contribution in [0.25, 0.3) is 11.2 Å². The maximum absolute atomic E-state index is 14.4. The first-order valence-corrected chi connectivity index (χ1v) is 29.9. The van der Waals surface area contributed by atoms with Gasteiger partial charge in [-0.2, -0.15) is 0 Å². The topological polar surface area (TPSA) is 311 Å². The fourth-order valence-corrected chi connectivity index (χ4v) is 12.6. The molecule has 84 heavy (non-hydrogen) atoms. The van der Waals surface area contributed by atoms with Crippen molar-refractivity contribution in [3.8, 4) is 0 Å². The number of hydrogen-bond donors (Lipinski definition) is 4. The van der Waals surface area contributed by atoms with E-state index in [4.69, 9.17) is 23.7 Å². The molecule has 3 aromatic heterocycles. The largest absolute Gasteiger partial charge is 0.460 e. The van der Waals surface area contributed by atoms with E-state index < -0.39 is 88.8 Å². The van der Waals surface area contributed by atoms with E-state index in [1.165, 1.54) is 31.0 Å². The van der Waals surface area contributed by atoms with E-state index in [9.17, 15) is 49.4 Å². The molecule has 23 nitrogen and oxygen atoms in total. The van der Waals surface area contributed by atoms with Gasteiger partial charge in [0.2, 0.25) is 12.1 Å². The Morgan fingerprint density at radius 1 is 0.905 bits per heavy atom. The molecule has 24 heteroatoms. The van der Waals surface area contributed by atoms with Crippen molar-refractivity contribution in [2.24, 2.45) is 42.6 Å². The molecule has 1 aliphatic carbocycles. The van der Waals surface area contributed by atoms with Gasteiger partial charge in [-0.25, -0.2) is 19.7 Å². The first-order valence-electron chi connectivity index (χ1n) is 29.1. The van der Waals surface area contributed by atoms with E-state index in [1.54, 1.807) is 52.7 Å². The standard InChI is InChI=1S/C51H79NO13.C9H7N7O2S/c1-30-16-12-11-13-17-31(2)42(61-8)28-38-21-19-36(7)51(60,65-38)48(57)49(58)52-23-15-14-18-39(52)50(59)64-43(33(4)26-37-20-22-40(53)44(27-37)62-9)29-41(54)32(3)25-35(6)46(56)47(63-10)45(55)34(5)24-30;1-15-4-14-7(16(17)18)9(15)19-8-5-6(11-2-10-5)12-3-13-8/h11-13,16-17,25,30,32-34,36-40,42-44,46-47,53,56,60H,14-15,18-24,26-29H2,1-10H3;2-4H,1H3,(H,10,11,12,13)/b13-11+,16-12+,31-17+,35-25+;/t30-,32-,33-,34-,36-,37+,38+,39+,40-,42+,43+,44-,46-,47+,51-;/m1./s1. The average molecular weight is 1190 g/mol. The van der Waals surface area contributed by atoms with Crippen LogP contribution in [-0.2, 0) is 54.7 Å². The zero-order valence-corrected chi connectivity index (χ0v) is 51.1. The third-order valence-electron chi connectivity index (χ3n) is 16.9. The molecule has 1 amide bonds. The molecule has 2 bridgehead atoms. The molecule has 0 spiro atoms. The molecular weight excluding hydrogens is 1100 g/mol. The lowest BCUT2D eigenvalue weighted by Crippen LogP contribution is -2.61. The number of carbonyl (C=O) groups excluding carboxylic acids is 5. The molecule has 462 valence electrons. The first kappa shape index (κ1) is 67.3. The Hall–Kier alpha value is -5.86. The van der Waals surface area contributed by atoms with Crippen LogP contribution in [-0.4, -0.2) is 166 Å². The number of aliphatic hydroxyl groups excluding tert-OH is 2. The van der Waals surface area contributed by atoms with E-state index in [0.717, 1.165) is 23.8 Å². The van der Waals surface area contributed by atoms with Gasteiger partial charge in [-0.1, -0.05) is 71.1 Å². The van der Waals surface area contributed by atoms with Crippen LogP contribution in [0.15, 0.2) is 76.6 Å². The van der Waals surface area contributed by atoms with Gasteiger partial charge in [0.15, 0.2) is 16.5 Å². The van der Waals surface area contributed by atoms with Gasteiger partial charge in [-0.3, -0.25) is 19.2 Å². The van der Waals surface area contributed by atoms with Crippen LogP contribution in [0.1, 0.15) is 126 Å². The Balaban J connectivity index is 0.000000496. The number of nitrogens with zero attached hydrogens (tertiary/aromatic N) is 7. The molecule has 2 saturated heterocycles. The second-order valence-corrected chi connectivity index (χ2v) is 24.2. The molecule has 0 radical (unpaired) electrons. The maximum Gasteiger partial charge on any atom is 0.396 e. The zero-order valence-electron chi connectivity index (χ0n) is 50.3. The molecule has 3 aromatic rings. The number of fused-ring (bicyclic) bond motifs is 4. The summed E-state index contributed by atoms with van der Waals surface area (Å²) in [5.41, 5.74) is 2.42. The molecule has 6 heterocycles. The lowest BCUT2D eigenvalue weighted by atomic mass is 9.78. The van der Waals surface area contributed by atoms with Gasteiger partial charge in [-0.05, 0) is 129 Å². The number of aliphatic hydroxyl groups is 3. The van der Waals surface area contributed by atoms with Crippen LogP contribution in [0, 0.1) is 45.6 Å². The molecule has 0 aromatic carbocycles. The minimum atomic E-state index is -2.43. The van der Waals surface area contributed by atoms with E-state index >= 15 is 0 Å². The smallest absolute Gasteiger partial charge is 0.396 e. The Morgan fingerprint density at radius 3 is 2.36 bits per heavy atom. The predicted molar refractivity (Wildman–Crippen MR) is 311 cm³/mol. The molecule has 15 atom stereocenters. The number of H-pyrrole nitrogens is 1. The summed E-state index contributed by atoms with van der Waals surface area (Å²) in [5, 5.41) is 45.7. The molecule has 3 aliphatic heterocycles. The van der Waals surface area contributed by atoms with Crippen molar-refractivity contribution in [2.75, 3.05) is 27.9 Å². The SMILES string of the molecule is CO[C@H]1C[C@@H]2CC[C@@H](C)[C@@](O)(O2)C(=O)C(=O)N2CCCC[C@H]2C(=O)O[C@H]([C@H](C)C[C@@H]2CC[C@@H](O)[C@H](OC)C2)CC(=O)[C@H](C)/C=C(\C)[C@@H](O)[C@@H](OC)C(=O)[C@H](C)C[C@H](C)/C=C/C=C/C=C/1C.Cn1cnc([N+](=O)[O-])c1Sc1ncnc2nc[nH]c12. The van der Waals surface area contributed by atoms with Gasteiger partial charge in [-0.15, -0.1) is 0 Å². The van der Waals surface area contributed by atoms with Crippen LogP contribution in [0.5, 0.6) is 0 Å². The maximum atomic E-state index is 14.4. The van der Waals surface area contributed by atoms with E-state index in [2.05, 4.69) is 24.9 Å². The fraction of sp³-hybridized carbons (Fsp3) is 0.650. The van der Waals surface area contributed by atoms with Crippen LogP contribution in [0.3, 0.4) is 0 Å².